The third-order valence-electron chi connectivity index (χ3n) is 5.24. The molecule has 0 bridgehead atoms. The van der Waals surface area contributed by atoms with Crippen LogP contribution >= 0.6 is 0 Å². The summed E-state index contributed by atoms with van der Waals surface area (Å²) < 4.78 is 0. The van der Waals surface area contributed by atoms with E-state index in [9.17, 15) is 14.4 Å². The molecule has 4 rings (SSSR count). The van der Waals surface area contributed by atoms with Crippen molar-refractivity contribution in [3.63, 3.8) is 0 Å². The highest BCUT2D eigenvalue weighted by atomic mass is 16.2. The summed E-state index contributed by atoms with van der Waals surface area (Å²) in [5.41, 5.74) is 3.81. The lowest BCUT2D eigenvalue weighted by Gasteiger charge is -2.35. The molecule has 0 fully saturated rings. The van der Waals surface area contributed by atoms with Crippen LogP contribution in [0.1, 0.15) is 11.1 Å². The molecule has 0 unspecified atom stereocenters. The van der Waals surface area contributed by atoms with Crippen molar-refractivity contribution in [2.45, 2.75) is 13.5 Å². The number of nitrogens with one attached hydrogen (secondary N) is 2. The van der Waals surface area contributed by atoms with Gasteiger partial charge in [-0.15, -0.1) is 0 Å². The molecule has 7 heteroatoms. The lowest BCUT2D eigenvalue weighted by atomic mass is 10.1. The van der Waals surface area contributed by atoms with E-state index in [2.05, 4.69) is 10.6 Å². The van der Waals surface area contributed by atoms with Gasteiger partial charge < -0.3 is 10.6 Å². The lowest BCUT2D eigenvalue weighted by Crippen LogP contribution is -2.51. The van der Waals surface area contributed by atoms with Crippen LogP contribution in [0.2, 0.25) is 0 Å². The zero-order valence-electron chi connectivity index (χ0n) is 17.7. The molecule has 0 radical (unpaired) electrons. The molecule has 0 atom stereocenters. The van der Waals surface area contributed by atoms with Crippen molar-refractivity contribution in [1.82, 2.24) is 5.32 Å². The molecule has 7 nitrogen and oxygen atoms in total. The van der Waals surface area contributed by atoms with E-state index in [0.29, 0.717) is 23.6 Å². The van der Waals surface area contributed by atoms with Gasteiger partial charge in [-0.3, -0.25) is 19.4 Å². The van der Waals surface area contributed by atoms with Crippen LogP contribution in [0.25, 0.3) is 0 Å². The Labute approximate surface area is 186 Å². The first-order valence-electron chi connectivity index (χ1n) is 10.4. The number of urea groups is 1. The van der Waals surface area contributed by atoms with Crippen LogP contribution in [0, 0.1) is 6.92 Å². The van der Waals surface area contributed by atoms with Crippen LogP contribution in [0.5, 0.6) is 0 Å². The highest BCUT2D eigenvalue weighted by molar-refractivity contribution is 6.15. The van der Waals surface area contributed by atoms with Gasteiger partial charge in [0.25, 0.3) is 0 Å². The summed E-state index contributed by atoms with van der Waals surface area (Å²) in [6.45, 7) is 2.08. The maximum Gasteiger partial charge on any atom is 0.326 e. The fraction of sp³-hybridized carbons (Fsp3) is 0.160. The van der Waals surface area contributed by atoms with E-state index in [1.165, 1.54) is 9.80 Å². The molecular formula is C25H24N4O3. The summed E-state index contributed by atoms with van der Waals surface area (Å²) in [5.74, 6) is -0.591. The van der Waals surface area contributed by atoms with Crippen LogP contribution in [0.4, 0.5) is 21.9 Å². The first-order valence-corrected chi connectivity index (χ1v) is 10.4. The Kier molecular flexibility index (Phi) is 6.17. The minimum absolute atomic E-state index is 0.115. The smallest absolute Gasteiger partial charge is 0.326 e. The van der Waals surface area contributed by atoms with E-state index >= 15 is 0 Å². The van der Waals surface area contributed by atoms with E-state index in [-0.39, 0.29) is 24.9 Å². The van der Waals surface area contributed by atoms with E-state index < -0.39 is 6.03 Å². The van der Waals surface area contributed by atoms with Crippen molar-refractivity contribution >= 4 is 34.9 Å². The second-order valence-corrected chi connectivity index (χ2v) is 7.61. The van der Waals surface area contributed by atoms with E-state index in [1.54, 1.807) is 24.3 Å². The van der Waals surface area contributed by atoms with Crippen molar-refractivity contribution in [3.05, 3.63) is 90.0 Å². The highest BCUT2D eigenvalue weighted by Crippen LogP contribution is 2.33. The van der Waals surface area contributed by atoms with Gasteiger partial charge in [-0.2, -0.15) is 0 Å². The molecule has 0 aliphatic carbocycles. The third-order valence-corrected chi connectivity index (χ3v) is 5.24. The van der Waals surface area contributed by atoms with Crippen LogP contribution in [0.3, 0.4) is 0 Å². The van der Waals surface area contributed by atoms with Gasteiger partial charge in [-0.1, -0.05) is 60.2 Å². The molecule has 0 aromatic heterocycles. The number of hydrogen-bond donors (Lipinski definition) is 2. The molecule has 3 aromatic rings. The molecule has 32 heavy (non-hydrogen) atoms. The van der Waals surface area contributed by atoms with Gasteiger partial charge in [-0.05, 0) is 36.8 Å². The molecule has 1 heterocycles. The van der Waals surface area contributed by atoms with Gasteiger partial charge in [0.1, 0.15) is 13.1 Å². The van der Waals surface area contributed by atoms with E-state index in [0.717, 1.165) is 11.1 Å². The molecule has 0 spiro atoms. The number of benzene rings is 3. The predicted octanol–water partition coefficient (Wildman–Crippen LogP) is 3.70. The highest BCUT2D eigenvalue weighted by Gasteiger charge is 2.33. The number of hydrogen-bond acceptors (Lipinski definition) is 3. The number of carbonyl (C=O) groups excluding carboxylic acids is 3. The molecule has 0 saturated heterocycles. The second-order valence-electron chi connectivity index (χ2n) is 7.61. The summed E-state index contributed by atoms with van der Waals surface area (Å²) in [4.78, 5) is 41.2. The van der Waals surface area contributed by atoms with Gasteiger partial charge in [-0.25, -0.2) is 4.79 Å². The zero-order valence-corrected chi connectivity index (χ0v) is 17.7. The van der Waals surface area contributed by atoms with Crippen molar-refractivity contribution in [3.8, 4) is 0 Å². The first-order chi connectivity index (χ1) is 15.5. The third kappa shape index (κ3) is 4.78. The van der Waals surface area contributed by atoms with Gasteiger partial charge >= 0.3 is 6.03 Å². The van der Waals surface area contributed by atoms with Crippen LogP contribution in [0.15, 0.2) is 78.9 Å². The van der Waals surface area contributed by atoms with Gasteiger partial charge in [0.15, 0.2) is 0 Å². The molecule has 1 aliphatic heterocycles. The number of carbonyl (C=O) groups is 3. The second kappa shape index (κ2) is 9.34. The Balaban J connectivity index is 1.48. The zero-order chi connectivity index (χ0) is 22.5. The van der Waals surface area contributed by atoms with Gasteiger partial charge in [0.05, 0.1) is 11.4 Å². The van der Waals surface area contributed by atoms with Gasteiger partial charge in [0, 0.05) is 12.2 Å². The number of aryl methyl sites for hydroxylation is 1. The lowest BCUT2D eigenvalue weighted by molar-refractivity contribution is -0.123. The average molecular weight is 428 g/mol. The molecule has 4 amide bonds. The quantitative estimate of drug-likeness (QED) is 0.650. The van der Waals surface area contributed by atoms with Crippen LogP contribution in [-0.4, -0.2) is 30.9 Å². The molecule has 3 aromatic carbocycles. The number of nitrogens with zero attached hydrogens (tertiary/aromatic N) is 2. The molecule has 0 saturated carbocycles. The molecular weight excluding hydrogens is 404 g/mol. The summed E-state index contributed by atoms with van der Waals surface area (Å²) >= 11 is 0. The Bertz CT molecular complexity index is 1130. The summed E-state index contributed by atoms with van der Waals surface area (Å²) in [7, 11) is 0. The maximum atomic E-state index is 12.9. The van der Waals surface area contributed by atoms with E-state index in [1.807, 2.05) is 61.5 Å². The fourth-order valence-electron chi connectivity index (χ4n) is 3.54. The molecule has 162 valence electrons. The van der Waals surface area contributed by atoms with E-state index in [4.69, 9.17) is 0 Å². The molecule has 1 aliphatic rings. The van der Waals surface area contributed by atoms with Gasteiger partial charge in [0.2, 0.25) is 11.8 Å². The Hall–Kier alpha value is -4.13. The summed E-state index contributed by atoms with van der Waals surface area (Å²) in [6.07, 6.45) is 0. The number of para-hydroxylation sites is 2. The fourth-order valence-corrected chi connectivity index (χ4v) is 3.54. The SMILES string of the molecule is Cc1ccc(NC(=O)N2CC(=O)N(CC(=O)NCc3ccccc3)c3ccccc32)cc1. The van der Waals surface area contributed by atoms with Crippen LogP contribution < -0.4 is 20.4 Å². The molecule has 2 N–H and O–H groups in total. The minimum Gasteiger partial charge on any atom is -0.350 e. The normalized spacial score (nSPS) is 12.8. The first kappa shape index (κ1) is 21.1. The average Bonchev–Trinajstić information content (AvgIpc) is 2.81. The minimum atomic E-state index is -0.400. The standard InChI is InChI=1S/C25H24N4O3/c1-18-11-13-20(14-12-18)27-25(32)29-17-24(31)28(21-9-5-6-10-22(21)29)16-23(30)26-15-19-7-3-2-4-8-19/h2-14H,15-17H2,1H3,(H,26,30)(H,27,32). The van der Waals surface area contributed by atoms with Crippen LogP contribution in [-0.2, 0) is 16.1 Å². The Morgan fingerprint density at radius 3 is 2.25 bits per heavy atom. The van der Waals surface area contributed by atoms with Crippen molar-refractivity contribution in [2.75, 3.05) is 28.2 Å². The van der Waals surface area contributed by atoms with Crippen molar-refractivity contribution in [1.29, 1.82) is 0 Å². The number of anilines is 3. The number of amides is 4. The predicted molar refractivity (Wildman–Crippen MR) is 125 cm³/mol. The summed E-state index contributed by atoms with van der Waals surface area (Å²) in [6, 6.07) is 23.7. The van der Waals surface area contributed by atoms with Crippen molar-refractivity contribution in [2.24, 2.45) is 0 Å². The Morgan fingerprint density at radius 1 is 0.875 bits per heavy atom. The maximum absolute atomic E-state index is 12.9. The Morgan fingerprint density at radius 2 is 1.53 bits per heavy atom. The summed E-state index contributed by atoms with van der Waals surface area (Å²) in [5, 5.41) is 5.67. The monoisotopic (exact) mass is 428 g/mol. The number of rotatable bonds is 5. The largest absolute Gasteiger partial charge is 0.350 e. The number of fused-ring (bicyclic) bond motifs is 1. The topological polar surface area (TPSA) is 81.8 Å². The van der Waals surface area contributed by atoms with Crippen molar-refractivity contribution < 1.29 is 14.4 Å².